The van der Waals surface area contributed by atoms with Gasteiger partial charge in [0.1, 0.15) is 0 Å². The van der Waals surface area contributed by atoms with Gasteiger partial charge in [0.25, 0.3) is 0 Å². The number of fused-ring (bicyclic) bond motifs is 1. The molecule has 3 rings (SSSR count). The number of rotatable bonds is 4. The zero-order valence-electron chi connectivity index (χ0n) is 15.0. The predicted octanol–water partition coefficient (Wildman–Crippen LogP) is 1.33. The second-order valence-electron chi connectivity index (χ2n) is 6.04. The lowest BCUT2D eigenvalue weighted by Crippen LogP contribution is -3.00. The Labute approximate surface area is 154 Å². The first-order valence-electron chi connectivity index (χ1n) is 8.25. The summed E-state index contributed by atoms with van der Waals surface area (Å²) in [5.74, 6) is 1.24. The lowest BCUT2D eigenvalue weighted by Gasteiger charge is -2.24. The molecule has 0 aromatic heterocycles. The van der Waals surface area contributed by atoms with Crippen molar-refractivity contribution in [3.8, 4) is 11.5 Å². The van der Waals surface area contributed by atoms with Gasteiger partial charge in [-0.15, -0.1) is 0 Å². The minimum atomic E-state index is -0.195. The van der Waals surface area contributed by atoms with Crippen molar-refractivity contribution in [2.45, 2.75) is 32.7 Å². The smallest absolute Gasteiger partial charge is 0.241 e. The molecule has 0 saturated heterocycles. The molecule has 1 heterocycles. The highest BCUT2D eigenvalue weighted by atomic mass is 35.5. The number of ether oxygens (including phenoxy) is 2. The summed E-state index contributed by atoms with van der Waals surface area (Å²) in [6, 6.07) is 11.2. The van der Waals surface area contributed by atoms with Crippen molar-refractivity contribution in [2.75, 3.05) is 14.2 Å². The molecular weight excluding hydrogens is 341 g/mol. The third-order valence-electron chi connectivity index (χ3n) is 4.61. The molecule has 25 heavy (non-hydrogen) atoms. The topological polar surface area (TPSA) is 21.5 Å². The molecule has 0 spiro atoms. The standard InChI is InChI=1S/C20H23FNO2.ClH/c1-5-17-15-12-20(24-4)19(23-3)11-14(15)10-13(2)22(17)18-9-7-6-8-16(18)21;/h6-9,11-13H,5,10H2,1-4H3;1H/q+1;/p-1. The summed E-state index contributed by atoms with van der Waals surface area (Å²) in [6.45, 7) is 4.23. The molecule has 0 saturated carbocycles. The summed E-state index contributed by atoms with van der Waals surface area (Å²) in [5, 5.41) is 0. The summed E-state index contributed by atoms with van der Waals surface area (Å²) < 4.78 is 27.4. The van der Waals surface area contributed by atoms with E-state index in [1.165, 1.54) is 11.6 Å². The molecule has 0 aliphatic carbocycles. The van der Waals surface area contributed by atoms with Crippen LogP contribution in [0.5, 0.6) is 11.5 Å². The summed E-state index contributed by atoms with van der Waals surface area (Å²) in [7, 11) is 3.28. The molecule has 0 bridgehead atoms. The Morgan fingerprint density at radius 1 is 1.12 bits per heavy atom. The Morgan fingerprint density at radius 2 is 1.76 bits per heavy atom. The molecule has 2 aromatic carbocycles. The SMILES string of the molecule is CCC1=[N+](c2ccccc2F)C(C)Cc2cc(OC)c(OC)cc21.[Cl-]. The number of nitrogens with zero attached hydrogens (tertiary/aromatic N) is 1. The lowest BCUT2D eigenvalue weighted by atomic mass is 9.90. The first kappa shape index (κ1) is 19.3. The number of methoxy groups -OCH3 is 2. The van der Waals surface area contributed by atoms with Crippen molar-refractivity contribution in [3.63, 3.8) is 0 Å². The predicted molar refractivity (Wildman–Crippen MR) is 93.4 cm³/mol. The fraction of sp³-hybridized carbons (Fsp3) is 0.350. The summed E-state index contributed by atoms with van der Waals surface area (Å²) >= 11 is 0. The third-order valence-corrected chi connectivity index (χ3v) is 4.61. The first-order chi connectivity index (χ1) is 11.6. The van der Waals surface area contributed by atoms with Crippen molar-refractivity contribution in [1.82, 2.24) is 0 Å². The van der Waals surface area contributed by atoms with Crippen LogP contribution in [-0.4, -0.2) is 30.5 Å². The van der Waals surface area contributed by atoms with E-state index in [-0.39, 0.29) is 24.3 Å². The number of hydrogen-bond donors (Lipinski definition) is 0. The molecule has 0 N–H and O–H groups in total. The van der Waals surface area contributed by atoms with Gasteiger partial charge in [-0.3, -0.25) is 0 Å². The number of hydrogen-bond acceptors (Lipinski definition) is 2. The highest BCUT2D eigenvalue weighted by Gasteiger charge is 2.34. The monoisotopic (exact) mass is 363 g/mol. The molecule has 0 fully saturated rings. The molecule has 0 radical (unpaired) electrons. The van der Waals surface area contributed by atoms with Gasteiger partial charge in [0.05, 0.1) is 14.2 Å². The van der Waals surface area contributed by atoms with Crippen LogP contribution >= 0.6 is 0 Å². The van der Waals surface area contributed by atoms with Gasteiger partial charge in [-0.25, -0.2) is 0 Å². The number of halogens is 2. The van der Waals surface area contributed by atoms with Crippen LogP contribution in [0, 0.1) is 5.82 Å². The van der Waals surface area contributed by atoms with Gasteiger partial charge in [0.15, 0.2) is 29.1 Å². The molecule has 1 unspecified atom stereocenters. The highest BCUT2D eigenvalue weighted by molar-refractivity contribution is 6.00. The maximum absolute atomic E-state index is 14.4. The molecule has 5 heteroatoms. The van der Waals surface area contributed by atoms with E-state index in [2.05, 4.69) is 18.4 Å². The van der Waals surface area contributed by atoms with E-state index < -0.39 is 0 Å². The molecule has 3 nitrogen and oxygen atoms in total. The Balaban J connectivity index is 0.00000225. The highest BCUT2D eigenvalue weighted by Crippen LogP contribution is 2.35. The maximum Gasteiger partial charge on any atom is 0.241 e. The van der Waals surface area contributed by atoms with Crippen LogP contribution < -0.4 is 21.9 Å². The van der Waals surface area contributed by atoms with Gasteiger partial charge < -0.3 is 21.9 Å². The molecular formula is C20H23ClFNO2. The van der Waals surface area contributed by atoms with Crippen LogP contribution in [0.2, 0.25) is 0 Å². The van der Waals surface area contributed by atoms with Crippen LogP contribution in [-0.2, 0) is 6.42 Å². The third kappa shape index (κ3) is 3.36. The van der Waals surface area contributed by atoms with Crippen molar-refractivity contribution in [3.05, 3.63) is 53.3 Å². The van der Waals surface area contributed by atoms with Crippen molar-refractivity contribution in [2.24, 2.45) is 0 Å². The van der Waals surface area contributed by atoms with E-state index in [0.29, 0.717) is 11.4 Å². The van der Waals surface area contributed by atoms with Crippen LogP contribution in [0.3, 0.4) is 0 Å². The molecule has 0 amide bonds. The summed E-state index contributed by atoms with van der Waals surface area (Å²) in [4.78, 5) is 0. The van der Waals surface area contributed by atoms with Gasteiger partial charge >= 0.3 is 0 Å². The van der Waals surface area contributed by atoms with E-state index in [4.69, 9.17) is 9.47 Å². The second kappa shape index (κ2) is 7.87. The Bertz CT molecular complexity index is 804. The average Bonchev–Trinajstić information content (AvgIpc) is 2.60. The van der Waals surface area contributed by atoms with Gasteiger partial charge in [-0.05, 0) is 30.7 Å². The van der Waals surface area contributed by atoms with Gasteiger partial charge in [-0.1, -0.05) is 19.1 Å². The van der Waals surface area contributed by atoms with Crippen LogP contribution in [0.4, 0.5) is 10.1 Å². The van der Waals surface area contributed by atoms with Crippen LogP contribution in [0.25, 0.3) is 0 Å². The van der Waals surface area contributed by atoms with E-state index in [0.717, 1.165) is 29.9 Å². The maximum atomic E-state index is 14.4. The average molecular weight is 364 g/mol. The van der Waals surface area contributed by atoms with Crippen LogP contribution in [0.15, 0.2) is 36.4 Å². The zero-order valence-corrected chi connectivity index (χ0v) is 15.7. The largest absolute Gasteiger partial charge is 1.00 e. The molecule has 2 aromatic rings. The Kier molecular flexibility index (Phi) is 6.07. The minimum absolute atomic E-state index is 0. The summed E-state index contributed by atoms with van der Waals surface area (Å²) in [6.07, 6.45) is 1.63. The second-order valence-corrected chi connectivity index (χ2v) is 6.04. The zero-order chi connectivity index (χ0) is 17.3. The molecule has 1 aliphatic rings. The Morgan fingerprint density at radius 3 is 2.36 bits per heavy atom. The van der Waals surface area contributed by atoms with E-state index in [1.807, 2.05) is 24.3 Å². The Hall–Kier alpha value is -2.07. The van der Waals surface area contributed by atoms with E-state index in [1.54, 1.807) is 20.3 Å². The van der Waals surface area contributed by atoms with Gasteiger partial charge in [-0.2, -0.15) is 8.97 Å². The fourth-order valence-electron chi connectivity index (χ4n) is 3.55. The van der Waals surface area contributed by atoms with E-state index in [9.17, 15) is 4.39 Å². The number of benzene rings is 2. The quantitative estimate of drug-likeness (QED) is 0.764. The van der Waals surface area contributed by atoms with Gasteiger partial charge in [0.2, 0.25) is 5.69 Å². The van der Waals surface area contributed by atoms with Crippen molar-refractivity contribution >= 4 is 11.4 Å². The minimum Gasteiger partial charge on any atom is -1.00 e. The van der Waals surface area contributed by atoms with Crippen LogP contribution in [0.1, 0.15) is 31.4 Å². The molecule has 1 aliphatic heterocycles. The number of para-hydroxylation sites is 1. The lowest BCUT2D eigenvalue weighted by molar-refractivity contribution is -0.484. The van der Waals surface area contributed by atoms with Gasteiger partial charge in [0, 0.05) is 24.5 Å². The van der Waals surface area contributed by atoms with E-state index >= 15 is 0 Å². The first-order valence-corrected chi connectivity index (χ1v) is 8.25. The summed E-state index contributed by atoms with van der Waals surface area (Å²) in [5.41, 5.74) is 4.05. The normalized spacial score (nSPS) is 16.1. The molecule has 1 atom stereocenters. The fourth-order valence-corrected chi connectivity index (χ4v) is 3.55. The van der Waals surface area contributed by atoms with Crippen molar-refractivity contribution < 1.29 is 30.8 Å². The van der Waals surface area contributed by atoms with Crippen molar-refractivity contribution in [1.29, 1.82) is 0 Å². The molecule has 134 valence electrons.